The van der Waals surface area contributed by atoms with Crippen molar-refractivity contribution >= 4 is 41.3 Å². The number of carbonyl (C=O) groups is 3. The molecule has 44 heavy (non-hydrogen) atoms. The summed E-state index contributed by atoms with van der Waals surface area (Å²) in [5, 5.41) is 3.19. The van der Waals surface area contributed by atoms with Gasteiger partial charge in [0.2, 0.25) is 11.8 Å². The van der Waals surface area contributed by atoms with Crippen LogP contribution in [-0.4, -0.2) is 109 Å². The van der Waals surface area contributed by atoms with Gasteiger partial charge in [-0.3, -0.25) is 14.5 Å². The lowest BCUT2D eigenvalue weighted by atomic mass is 9.99. The van der Waals surface area contributed by atoms with Crippen molar-refractivity contribution in [3.63, 3.8) is 0 Å². The van der Waals surface area contributed by atoms with E-state index in [0.717, 1.165) is 5.56 Å². The zero-order valence-corrected chi connectivity index (χ0v) is 26.9. The number of benzene rings is 2. The third-order valence-electron chi connectivity index (χ3n) is 7.28. The van der Waals surface area contributed by atoms with Gasteiger partial charge < -0.3 is 29.5 Å². The van der Waals surface area contributed by atoms with Gasteiger partial charge in [-0.15, -0.1) is 0 Å². The second-order valence-electron chi connectivity index (χ2n) is 12.5. The number of fused-ring (bicyclic) bond motifs is 2. The highest BCUT2D eigenvalue weighted by atomic mass is 35.5. The summed E-state index contributed by atoms with van der Waals surface area (Å²) in [4.78, 5) is 46.8. The number of anilines is 1. The first-order valence-corrected chi connectivity index (χ1v) is 14.9. The molecule has 2 atom stereocenters. The maximum atomic E-state index is 13.8. The van der Waals surface area contributed by atoms with E-state index in [1.165, 1.54) is 25.3 Å². The Morgan fingerprint density at radius 1 is 1.07 bits per heavy atom. The molecule has 238 valence electrons. The first-order valence-electron chi connectivity index (χ1n) is 14.5. The zero-order chi connectivity index (χ0) is 32.2. The normalized spacial score (nSPS) is 18.9. The number of ether oxygens (including phenoxy) is 2. The molecule has 0 aliphatic carbocycles. The Labute approximate surface area is 263 Å². The monoisotopic (exact) mass is 629 g/mol. The maximum Gasteiger partial charge on any atom is 0.410 e. The van der Waals surface area contributed by atoms with Gasteiger partial charge in [-0.1, -0.05) is 23.7 Å². The lowest BCUT2D eigenvalue weighted by Gasteiger charge is -2.52. The number of hydrogen-bond acceptors (Lipinski definition) is 7. The fourth-order valence-electron chi connectivity index (χ4n) is 5.53. The first-order chi connectivity index (χ1) is 20.7. The number of nitrogens with one attached hydrogen (secondary N) is 1. The molecule has 0 spiro atoms. The first kappa shape index (κ1) is 33.2. The summed E-state index contributed by atoms with van der Waals surface area (Å²) in [5.74, 6) is -0.334. The summed E-state index contributed by atoms with van der Waals surface area (Å²) in [6, 6.07) is 9.06. The van der Waals surface area contributed by atoms with Crippen LogP contribution >= 0.6 is 11.6 Å². The van der Waals surface area contributed by atoms with Crippen LogP contribution in [-0.2, 0) is 20.9 Å². The largest absolute Gasteiger partial charge is 0.495 e. The summed E-state index contributed by atoms with van der Waals surface area (Å²) in [6.07, 6.45) is 2.70. The number of nitrogens with zero attached hydrogens (tertiary/aromatic N) is 4. The number of likely N-dealkylation sites (N-methyl/N-ethyl adjacent to an activating group) is 1. The standard InChI is InChI=1S/C32H41ClFN5O5/c1-32(2,3)44-31(42)38-18-24-16-37(15-21-7-10-23(34)11-8-21)17-25(19-38)39(24)30(41)12-9-22-13-28(43-6)26(33)14-27(22)35-29(40)20-36(4)5/h7-14,24-25H,15-20H2,1-6H3,(H,35,40)/b12-9+. The van der Waals surface area contributed by atoms with Crippen molar-refractivity contribution in [3.8, 4) is 5.75 Å². The number of piperazine rings is 2. The Bertz CT molecular complexity index is 1380. The average Bonchev–Trinajstić information content (AvgIpc) is 2.91. The van der Waals surface area contributed by atoms with Gasteiger partial charge in [0, 0.05) is 50.1 Å². The molecule has 2 aliphatic rings. The molecule has 12 heteroatoms. The van der Waals surface area contributed by atoms with Crippen molar-refractivity contribution < 1.29 is 28.2 Å². The average molecular weight is 630 g/mol. The van der Waals surface area contributed by atoms with Crippen LogP contribution in [0.2, 0.25) is 5.02 Å². The van der Waals surface area contributed by atoms with Gasteiger partial charge >= 0.3 is 6.09 Å². The molecule has 0 saturated carbocycles. The van der Waals surface area contributed by atoms with E-state index in [1.54, 1.807) is 54.2 Å². The molecule has 2 aromatic carbocycles. The molecule has 2 fully saturated rings. The topological polar surface area (TPSA) is 94.7 Å². The number of rotatable bonds is 8. The Balaban J connectivity index is 1.57. The van der Waals surface area contributed by atoms with Crippen LogP contribution in [0.5, 0.6) is 5.75 Å². The lowest BCUT2D eigenvalue weighted by Crippen LogP contribution is -2.70. The molecule has 0 radical (unpaired) electrons. The number of amides is 3. The summed E-state index contributed by atoms with van der Waals surface area (Å²) in [6.45, 7) is 7.90. The minimum atomic E-state index is -0.643. The summed E-state index contributed by atoms with van der Waals surface area (Å²) in [7, 11) is 5.08. The second-order valence-corrected chi connectivity index (χ2v) is 12.9. The molecule has 4 rings (SSSR count). The van der Waals surface area contributed by atoms with Gasteiger partial charge in [0.1, 0.15) is 17.2 Å². The Morgan fingerprint density at radius 3 is 2.27 bits per heavy atom. The van der Waals surface area contributed by atoms with E-state index in [0.29, 0.717) is 54.7 Å². The molecule has 1 N–H and O–H groups in total. The van der Waals surface area contributed by atoms with Gasteiger partial charge in [-0.05, 0) is 70.8 Å². The Hall–Kier alpha value is -3.67. The molecule has 2 bridgehead atoms. The van der Waals surface area contributed by atoms with Crippen molar-refractivity contribution in [1.82, 2.24) is 19.6 Å². The highest BCUT2D eigenvalue weighted by molar-refractivity contribution is 6.32. The highest BCUT2D eigenvalue weighted by Crippen LogP contribution is 2.32. The quantitative estimate of drug-likeness (QED) is 0.435. The fraction of sp³-hybridized carbons (Fsp3) is 0.469. The molecule has 2 aromatic rings. The zero-order valence-electron chi connectivity index (χ0n) is 26.1. The van der Waals surface area contributed by atoms with Crippen LogP contribution in [0.1, 0.15) is 31.9 Å². The van der Waals surface area contributed by atoms with Crippen molar-refractivity contribution in [2.75, 3.05) is 59.2 Å². The molecule has 10 nitrogen and oxygen atoms in total. The number of methoxy groups -OCH3 is 1. The third-order valence-corrected chi connectivity index (χ3v) is 7.57. The van der Waals surface area contributed by atoms with Crippen LogP contribution in [0.4, 0.5) is 14.9 Å². The highest BCUT2D eigenvalue weighted by Gasteiger charge is 2.44. The van der Waals surface area contributed by atoms with Gasteiger partial charge in [-0.25, -0.2) is 9.18 Å². The van der Waals surface area contributed by atoms with Gasteiger partial charge in [0.05, 0.1) is 30.8 Å². The predicted octanol–water partition coefficient (Wildman–Crippen LogP) is 4.33. The van der Waals surface area contributed by atoms with Crippen LogP contribution in [0, 0.1) is 5.82 Å². The second kappa shape index (κ2) is 14.0. The summed E-state index contributed by atoms with van der Waals surface area (Å²) < 4.78 is 24.5. The van der Waals surface area contributed by atoms with Gasteiger partial charge in [-0.2, -0.15) is 0 Å². The van der Waals surface area contributed by atoms with E-state index in [9.17, 15) is 18.8 Å². The number of carbonyl (C=O) groups excluding carboxylic acids is 3. The van der Waals surface area contributed by atoms with Crippen molar-refractivity contribution in [3.05, 3.63) is 64.4 Å². The van der Waals surface area contributed by atoms with E-state index < -0.39 is 11.7 Å². The van der Waals surface area contributed by atoms with Gasteiger partial charge in [0.25, 0.3) is 0 Å². The van der Waals surface area contributed by atoms with Gasteiger partial charge in [0.15, 0.2) is 0 Å². The molecular formula is C32H41ClFN5O5. The molecule has 2 saturated heterocycles. The fourth-order valence-corrected chi connectivity index (χ4v) is 5.77. The maximum absolute atomic E-state index is 13.8. The van der Waals surface area contributed by atoms with Crippen LogP contribution in [0.3, 0.4) is 0 Å². The van der Waals surface area contributed by atoms with E-state index in [1.807, 2.05) is 25.7 Å². The predicted molar refractivity (Wildman–Crippen MR) is 168 cm³/mol. The van der Waals surface area contributed by atoms with Crippen LogP contribution in [0.25, 0.3) is 6.08 Å². The molecule has 2 heterocycles. The van der Waals surface area contributed by atoms with Crippen molar-refractivity contribution in [2.24, 2.45) is 0 Å². The van der Waals surface area contributed by atoms with Crippen LogP contribution < -0.4 is 10.1 Å². The smallest absolute Gasteiger partial charge is 0.410 e. The minimum absolute atomic E-state index is 0.172. The van der Waals surface area contributed by atoms with Crippen molar-refractivity contribution in [2.45, 2.75) is 45.0 Å². The SMILES string of the molecule is COc1cc(/C=C/C(=O)N2C3CN(Cc4ccc(F)cc4)CC2CN(C(=O)OC(C)(C)C)C3)c(NC(=O)CN(C)C)cc1Cl. The van der Waals surface area contributed by atoms with E-state index >= 15 is 0 Å². The van der Waals surface area contributed by atoms with Crippen LogP contribution in [0.15, 0.2) is 42.5 Å². The Kier molecular flexibility index (Phi) is 10.5. The number of halogens is 2. The lowest BCUT2D eigenvalue weighted by molar-refractivity contribution is -0.140. The molecule has 2 unspecified atom stereocenters. The summed E-state index contributed by atoms with van der Waals surface area (Å²) >= 11 is 6.35. The van der Waals surface area contributed by atoms with E-state index in [-0.39, 0.29) is 36.3 Å². The Morgan fingerprint density at radius 2 is 1.70 bits per heavy atom. The van der Waals surface area contributed by atoms with E-state index in [4.69, 9.17) is 21.1 Å². The minimum Gasteiger partial charge on any atom is -0.495 e. The molecular weight excluding hydrogens is 589 g/mol. The molecule has 2 aliphatic heterocycles. The van der Waals surface area contributed by atoms with E-state index in [2.05, 4.69) is 10.2 Å². The summed E-state index contributed by atoms with van der Waals surface area (Å²) in [5.41, 5.74) is 1.33. The number of hydrogen-bond donors (Lipinski definition) is 1. The molecule has 3 amide bonds. The third kappa shape index (κ3) is 8.71. The van der Waals surface area contributed by atoms with Crippen molar-refractivity contribution in [1.29, 1.82) is 0 Å². The molecule has 0 aromatic heterocycles.